The highest BCUT2D eigenvalue weighted by Gasteiger charge is 2.14. The van der Waals surface area contributed by atoms with Crippen LogP contribution in [0.4, 0.5) is 0 Å². The van der Waals surface area contributed by atoms with Gasteiger partial charge in [0.2, 0.25) is 0 Å². The van der Waals surface area contributed by atoms with Crippen molar-refractivity contribution in [1.29, 1.82) is 0 Å². The fourth-order valence-electron chi connectivity index (χ4n) is 1.58. The van der Waals surface area contributed by atoms with Crippen molar-refractivity contribution in [2.24, 2.45) is 5.92 Å². The lowest BCUT2D eigenvalue weighted by Gasteiger charge is -2.25. The third-order valence-electron chi connectivity index (χ3n) is 2.53. The van der Waals surface area contributed by atoms with Gasteiger partial charge in [-0.1, -0.05) is 13.8 Å². The summed E-state index contributed by atoms with van der Waals surface area (Å²) in [6.07, 6.45) is 0. The zero-order chi connectivity index (χ0) is 12.1. The van der Waals surface area contributed by atoms with E-state index in [9.17, 15) is 0 Å². The Labute approximate surface area is 103 Å². The van der Waals surface area contributed by atoms with E-state index < -0.39 is 0 Å². The third kappa shape index (κ3) is 4.56. The van der Waals surface area contributed by atoms with E-state index in [0.717, 1.165) is 18.8 Å². The van der Waals surface area contributed by atoms with E-state index >= 15 is 0 Å². The van der Waals surface area contributed by atoms with Gasteiger partial charge in [0.1, 0.15) is 5.76 Å². The molecule has 0 fully saturated rings. The number of nitrogens with zero attached hydrogens (tertiary/aromatic N) is 1. The summed E-state index contributed by atoms with van der Waals surface area (Å²) >= 11 is 5.72. The minimum absolute atomic E-state index is 0.450. The smallest absolute Gasteiger partial charge is 0.193 e. The van der Waals surface area contributed by atoms with Crippen LogP contribution in [0.2, 0.25) is 5.22 Å². The molecule has 4 heteroatoms. The molecule has 16 heavy (non-hydrogen) atoms. The van der Waals surface area contributed by atoms with Gasteiger partial charge in [0.15, 0.2) is 5.22 Å². The number of hydrogen-bond donors (Lipinski definition) is 1. The van der Waals surface area contributed by atoms with Gasteiger partial charge >= 0.3 is 0 Å². The van der Waals surface area contributed by atoms with Gasteiger partial charge in [-0.25, -0.2) is 0 Å². The first kappa shape index (κ1) is 13.6. The predicted octanol–water partition coefficient (Wildman–Crippen LogP) is 2.61. The van der Waals surface area contributed by atoms with Crippen molar-refractivity contribution >= 4 is 11.6 Å². The molecule has 1 heterocycles. The molecular weight excluding hydrogens is 224 g/mol. The Kier molecular flexibility index (Phi) is 5.32. The van der Waals surface area contributed by atoms with Gasteiger partial charge in [-0.2, -0.15) is 0 Å². The van der Waals surface area contributed by atoms with Crippen molar-refractivity contribution in [2.45, 2.75) is 26.4 Å². The number of halogens is 1. The van der Waals surface area contributed by atoms with Gasteiger partial charge in [-0.3, -0.25) is 0 Å². The van der Waals surface area contributed by atoms with Crippen LogP contribution in [0.15, 0.2) is 16.5 Å². The normalized spacial score (nSPS) is 13.7. The molecule has 0 saturated heterocycles. The molecule has 0 bridgehead atoms. The minimum Gasteiger partial charge on any atom is -0.448 e. The topological polar surface area (TPSA) is 28.4 Å². The first-order chi connectivity index (χ1) is 7.49. The SMILES string of the molecule is CC(C)C(CN(C)C)NCc1ccc(Cl)o1. The monoisotopic (exact) mass is 244 g/mol. The summed E-state index contributed by atoms with van der Waals surface area (Å²) in [7, 11) is 4.17. The summed E-state index contributed by atoms with van der Waals surface area (Å²) in [5, 5.41) is 3.94. The molecule has 0 aliphatic heterocycles. The fourth-order valence-corrected chi connectivity index (χ4v) is 1.74. The predicted molar refractivity (Wildman–Crippen MR) is 67.7 cm³/mol. The number of rotatable bonds is 6. The number of furan rings is 1. The van der Waals surface area contributed by atoms with Crippen molar-refractivity contribution in [3.8, 4) is 0 Å². The van der Waals surface area contributed by atoms with Crippen LogP contribution in [0.1, 0.15) is 19.6 Å². The summed E-state index contributed by atoms with van der Waals surface area (Å²) in [5.74, 6) is 1.47. The number of nitrogens with one attached hydrogen (secondary N) is 1. The van der Waals surface area contributed by atoms with Crippen molar-refractivity contribution in [3.05, 3.63) is 23.1 Å². The van der Waals surface area contributed by atoms with Crippen molar-refractivity contribution in [2.75, 3.05) is 20.6 Å². The lowest BCUT2D eigenvalue weighted by molar-refractivity contribution is 0.282. The van der Waals surface area contributed by atoms with E-state index in [1.54, 1.807) is 6.07 Å². The quantitative estimate of drug-likeness (QED) is 0.834. The van der Waals surface area contributed by atoms with Crippen LogP contribution in [0, 0.1) is 5.92 Å². The Morgan fingerprint density at radius 2 is 2.06 bits per heavy atom. The molecule has 0 aliphatic carbocycles. The second-order valence-electron chi connectivity index (χ2n) is 4.70. The largest absolute Gasteiger partial charge is 0.448 e. The van der Waals surface area contributed by atoms with E-state index in [0.29, 0.717) is 17.2 Å². The summed E-state index contributed by atoms with van der Waals surface area (Å²) in [6.45, 7) is 6.18. The van der Waals surface area contributed by atoms with Crippen LogP contribution in [0.25, 0.3) is 0 Å². The molecule has 0 spiro atoms. The molecule has 1 unspecified atom stereocenters. The average Bonchev–Trinajstić information content (AvgIpc) is 2.58. The highest BCUT2D eigenvalue weighted by molar-refractivity contribution is 6.28. The molecule has 1 rings (SSSR count). The average molecular weight is 245 g/mol. The first-order valence-electron chi connectivity index (χ1n) is 5.61. The van der Waals surface area contributed by atoms with Crippen LogP contribution < -0.4 is 5.32 Å². The standard InChI is InChI=1S/C12H21ClN2O/c1-9(2)11(8-15(3)4)14-7-10-5-6-12(13)16-10/h5-6,9,11,14H,7-8H2,1-4H3. The summed E-state index contributed by atoms with van der Waals surface area (Å²) in [4.78, 5) is 2.19. The number of likely N-dealkylation sites (N-methyl/N-ethyl adjacent to an activating group) is 1. The van der Waals surface area contributed by atoms with Crippen LogP contribution in [0.5, 0.6) is 0 Å². The van der Waals surface area contributed by atoms with Gasteiger partial charge in [0.05, 0.1) is 6.54 Å². The first-order valence-corrected chi connectivity index (χ1v) is 5.99. The molecule has 0 radical (unpaired) electrons. The van der Waals surface area contributed by atoms with E-state index in [-0.39, 0.29) is 0 Å². The maximum atomic E-state index is 5.72. The Morgan fingerprint density at radius 1 is 1.38 bits per heavy atom. The summed E-state index contributed by atoms with van der Waals surface area (Å²) < 4.78 is 5.31. The molecule has 0 amide bonds. The lowest BCUT2D eigenvalue weighted by Crippen LogP contribution is -2.41. The van der Waals surface area contributed by atoms with Crippen LogP contribution in [-0.4, -0.2) is 31.6 Å². The molecular formula is C12H21ClN2O. The molecule has 1 aromatic rings. The molecule has 3 nitrogen and oxygen atoms in total. The zero-order valence-corrected chi connectivity index (χ0v) is 11.2. The third-order valence-corrected chi connectivity index (χ3v) is 2.74. The Hall–Kier alpha value is -0.510. The maximum Gasteiger partial charge on any atom is 0.193 e. The van der Waals surface area contributed by atoms with Gasteiger partial charge in [0, 0.05) is 12.6 Å². The molecule has 0 aromatic carbocycles. The molecule has 0 saturated carbocycles. The number of hydrogen-bond acceptors (Lipinski definition) is 3. The van der Waals surface area contributed by atoms with E-state index in [1.807, 2.05) is 6.07 Å². The Balaban J connectivity index is 2.43. The summed E-state index contributed by atoms with van der Waals surface area (Å²) in [5.41, 5.74) is 0. The van der Waals surface area contributed by atoms with E-state index in [2.05, 4.69) is 38.2 Å². The maximum absolute atomic E-state index is 5.72. The van der Waals surface area contributed by atoms with Crippen LogP contribution in [-0.2, 0) is 6.54 Å². The second-order valence-corrected chi connectivity index (χ2v) is 5.07. The molecule has 1 aromatic heterocycles. The van der Waals surface area contributed by atoms with Crippen molar-refractivity contribution < 1.29 is 4.42 Å². The molecule has 92 valence electrons. The highest BCUT2D eigenvalue weighted by Crippen LogP contribution is 2.13. The Morgan fingerprint density at radius 3 is 2.50 bits per heavy atom. The second kappa shape index (κ2) is 6.28. The zero-order valence-electron chi connectivity index (χ0n) is 10.5. The van der Waals surface area contributed by atoms with E-state index in [1.165, 1.54) is 0 Å². The van der Waals surface area contributed by atoms with Crippen LogP contribution >= 0.6 is 11.6 Å². The van der Waals surface area contributed by atoms with Crippen LogP contribution in [0.3, 0.4) is 0 Å². The Bertz CT molecular complexity index is 310. The molecule has 1 atom stereocenters. The van der Waals surface area contributed by atoms with Gasteiger partial charge < -0.3 is 14.6 Å². The van der Waals surface area contributed by atoms with E-state index in [4.69, 9.17) is 16.0 Å². The fraction of sp³-hybridized carbons (Fsp3) is 0.667. The van der Waals surface area contributed by atoms with Gasteiger partial charge in [-0.15, -0.1) is 0 Å². The molecule has 0 aliphatic rings. The van der Waals surface area contributed by atoms with Gasteiger partial charge in [0.25, 0.3) is 0 Å². The molecule has 1 N–H and O–H groups in total. The lowest BCUT2D eigenvalue weighted by atomic mass is 10.0. The van der Waals surface area contributed by atoms with Gasteiger partial charge in [-0.05, 0) is 43.7 Å². The minimum atomic E-state index is 0.450. The van der Waals surface area contributed by atoms with Crippen molar-refractivity contribution in [1.82, 2.24) is 10.2 Å². The highest BCUT2D eigenvalue weighted by atomic mass is 35.5. The van der Waals surface area contributed by atoms with Crippen molar-refractivity contribution in [3.63, 3.8) is 0 Å². The summed E-state index contributed by atoms with van der Waals surface area (Å²) in [6, 6.07) is 4.14.